The van der Waals surface area contributed by atoms with Crippen molar-refractivity contribution >= 4 is 6.29 Å². The molecule has 0 heterocycles. The second-order valence-corrected chi connectivity index (χ2v) is 4.42. The van der Waals surface area contributed by atoms with Crippen molar-refractivity contribution in [3.63, 3.8) is 0 Å². The molecule has 2 aromatic rings. The fourth-order valence-corrected chi connectivity index (χ4v) is 2.04. The molecule has 0 amide bonds. The van der Waals surface area contributed by atoms with Crippen LogP contribution in [-0.4, -0.2) is 20.0 Å². The molecule has 3 nitrogen and oxygen atoms in total. The Hall–Kier alpha value is -2.29. The molecule has 0 atom stereocenters. The van der Waals surface area contributed by atoms with Crippen molar-refractivity contribution in [1.29, 1.82) is 0 Å². The van der Waals surface area contributed by atoms with Crippen molar-refractivity contribution in [2.24, 2.45) is 0 Å². The van der Waals surface area contributed by atoms with E-state index in [-0.39, 0.29) is 0 Å². The summed E-state index contributed by atoms with van der Waals surface area (Å²) in [5, 5.41) is 0. The lowest BCUT2D eigenvalue weighted by molar-refractivity contribution is 0.112. The summed E-state index contributed by atoms with van der Waals surface area (Å²) in [6, 6.07) is 13.4. The summed E-state index contributed by atoms with van der Waals surface area (Å²) in [6.07, 6.45) is 1.76. The van der Waals surface area contributed by atoms with E-state index in [2.05, 4.69) is 6.92 Å². The molecule has 20 heavy (non-hydrogen) atoms. The number of hydrogen-bond donors (Lipinski definition) is 0. The van der Waals surface area contributed by atoms with Crippen LogP contribution in [0.5, 0.6) is 11.5 Å². The van der Waals surface area contributed by atoms with Crippen molar-refractivity contribution in [2.45, 2.75) is 13.3 Å². The number of aldehydes is 1. The van der Waals surface area contributed by atoms with Crippen LogP contribution in [-0.2, 0) is 0 Å². The number of para-hydroxylation sites is 1. The summed E-state index contributed by atoms with van der Waals surface area (Å²) in [5.74, 6) is 1.41. The highest BCUT2D eigenvalue weighted by Crippen LogP contribution is 2.32. The Morgan fingerprint density at radius 1 is 1.10 bits per heavy atom. The van der Waals surface area contributed by atoms with Gasteiger partial charge in [0.05, 0.1) is 19.3 Å². The first-order valence-electron chi connectivity index (χ1n) is 6.65. The van der Waals surface area contributed by atoms with Gasteiger partial charge < -0.3 is 9.47 Å². The maximum absolute atomic E-state index is 11.1. The van der Waals surface area contributed by atoms with E-state index < -0.39 is 0 Å². The Bertz CT molecular complexity index is 591. The van der Waals surface area contributed by atoms with Gasteiger partial charge in [-0.1, -0.05) is 31.2 Å². The van der Waals surface area contributed by atoms with Crippen molar-refractivity contribution in [1.82, 2.24) is 0 Å². The Kier molecular flexibility index (Phi) is 4.77. The zero-order valence-corrected chi connectivity index (χ0v) is 11.8. The maximum atomic E-state index is 11.1. The van der Waals surface area contributed by atoms with E-state index in [9.17, 15) is 4.79 Å². The Morgan fingerprint density at radius 2 is 1.90 bits per heavy atom. The third-order valence-electron chi connectivity index (χ3n) is 3.02. The van der Waals surface area contributed by atoms with Crippen LogP contribution in [0.2, 0.25) is 0 Å². The second kappa shape index (κ2) is 6.75. The normalized spacial score (nSPS) is 10.1. The molecule has 0 aliphatic carbocycles. The molecule has 2 rings (SSSR count). The van der Waals surface area contributed by atoms with Gasteiger partial charge in [-0.05, 0) is 30.2 Å². The zero-order valence-electron chi connectivity index (χ0n) is 11.8. The number of methoxy groups -OCH3 is 1. The summed E-state index contributed by atoms with van der Waals surface area (Å²) in [5.41, 5.74) is 2.46. The number of ether oxygens (including phenoxy) is 2. The molecule has 0 spiro atoms. The SMILES string of the molecule is CCCOc1ccccc1-c1ccc(OC)c(C=O)c1. The van der Waals surface area contributed by atoms with E-state index in [0.29, 0.717) is 17.9 Å². The fourth-order valence-electron chi connectivity index (χ4n) is 2.04. The van der Waals surface area contributed by atoms with Crippen molar-refractivity contribution in [3.05, 3.63) is 48.0 Å². The van der Waals surface area contributed by atoms with Gasteiger partial charge in [-0.25, -0.2) is 0 Å². The molecule has 0 unspecified atom stereocenters. The number of carbonyl (C=O) groups is 1. The van der Waals surface area contributed by atoms with E-state index >= 15 is 0 Å². The molecule has 104 valence electrons. The molecule has 3 heteroatoms. The first-order chi connectivity index (χ1) is 9.80. The van der Waals surface area contributed by atoms with E-state index in [0.717, 1.165) is 29.6 Å². The van der Waals surface area contributed by atoms with Crippen molar-refractivity contribution in [3.8, 4) is 22.6 Å². The van der Waals surface area contributed by atoms with E-state index in [4.69, 9.17) is 9.47 Å². The molecule has 2 aromatic carbocycles. The van der Waals surface area contributed by atoms with Crippen molar-refractivity contribution in [2.75, 3.05) is 13.7 Å². The first kappa shape index (κ1) is 14.1. The van der Waals surface area contributed by atoms with Crippen molar-refractivity contribution < 1.29 is 14.3 Å². The molecule has 0 aliphatic heterocycles. The quantitative estimate of drug-likeness (QED) is 0.745. The molecule has 0 saturated carbocycles. The first-order valence-corrected chi connectivity index (χ1v) is 6.65. The van der Waals surface area contributed by atoms with Gasteiger partial charge in [0, 0.05) is 5.56 Å². The third-order valence-corrected chi connectivity index (χ3v) is 3.02. The van der Waals surface area contributed by atoms with Gasteiger partial charge in [0.1, 0.15) is 11.5 Å². The minimum absolute atomic E-state index is 0.537. The Morgan fingerprint density at radius 3 is 2.60 bits per heavy atom. The molecule has 0 aliphatic rings. The second-order valence-electron chi connectivity index (χ2n) is 4.42. The van der Waals surface area contributed by atoms with Crippen LogP contribution in [0.3, 0.4) is 0 Å². The topological polar surface area (TPSA) is 35.5 Å². The van der Waals surface area contributed by atoms with Gasteiger partial charge in [0.25, 0.3) is 0 Å². The summed E-state index contributed by atoms with van der Waals surface area (Å²) >= 11 is 0. The van der Waals surface area contributed by atoms with Gasteiger partial charge in [-0.15, -0.1) is 0 Å². The number of hydrogen-bond acceptors (Lipinski definition) is 3. The average Bonchev–Trinajstić information content (AvgIpc) is 2.52. The van der Waals surface area contributed by atoms with Crippen LogP contribution in [0.1, 0.15) is 23.7 Å². The smallest absolute Gasteiger partial charge is 0.153 e. The highest BCUT2D eigenvalue weighted by molar-refractivity contribution is 5.84. The van der Waals surface area contributed by atoms with Gasteiger partial charge >= 0.3 is 0 Å². The number of benzene rings is 2. The van der Waals surface area contributed by atoms with Crippen LogP contribution < -0.4 is 9.47 Å². The van der Waals surface area contributed by atoms with Gasteiger partial charge in [-0.3, -0.25) is 4.79 Å². The van der Waals surface area contributed by atoms with Gasteiger partial charge in [0.15, 0.2) is 6.29 Å². The monoisotopic (exact) mass is 270 g/mol. The predicted octanol–water partition coefficient (Wildman–Crippen LogP) is 3.96. The lowest BCUT2D eigenvalue weighted by Gasteiger charge is -2.12. The molecule has 0 saturated heterocycles. The Balaban J connectivity index is 2.43. The third kappa shape index (κ3) is 2.99. The largest absolute Gasteiger partial charge is 0.496 e. The summed E-state index contributed by atoms with van der Waals surface area (Å²) in [7, 11) is 1.56. The number of carbonyl (C=O) groups excluding carboxylic acids is 1. The molecular formula is C17H18O3. The zero-order chi connectivity index (χ0) is 14.4. The minimum Gasteiger partial charge on any atom is -0.496 e. The van der Waals surface area contributed by atoms with E-state index in [1.54, 1.807) is 13.2 Å². The highest BCUT2D eigenvalue weighted by atomic mass is 16.5. The lowest BCUT2D eigenvalue weighted by atomic mass is 10.0. The van der Waals surface area contributed by atoms with Crippen LogP contribution in [0.4, 0.5) is 0 Å². The molecule has 0 aromatic heterocycles. The standard InChI is InChI=1S/C17H18O3/c1-3-10-20-17-7-5-4-6-15(17)13-8-9-16(19-2)14(11-13)12-18/h4-9,11-12H,3,10H2,1-2H3. The lowest BCUT2D eigenvalue weighted by Crippen LogP contribution is -1.97. The van der Waals surface area contributed by atoms with Crippen LogP contribution in [0, 0.1) is 0 Å². The van der Waals surface area contributed by atoms with E-state index in [1.165, 1.54) is 0 Å². The highest BCUT2D eigenvalue weighted by Gasteiger charge is 2.09. The average molecular weight is 270 g/mol. The van der Waals surface area contributed by atoms with E-state index in [1.807, 2.05) is 36.4 Å². The summed E-state index contributed by atoms with van der Waals surface area (Å²) < 4.78 is 10.9. The number of rotatable bonds is 6. The van der Waals surface area contributed by atoms with Crippen LogP contribution in [0.15, 0.2) is 42.5 Å². The molecule has 0 bridgehead atoms. The maximum Gasteiger partial charge on any atom is 0.153 e. The fraction of sp³-hybridized carbons (Fsp3) is 0.235. The molecule has 0 radical (unpaired) electrons. The van der Waals surface area contributed by atoms with Gasteiger partial charge in [-0.2, -0.15) is 0 Å². The predicted molar refractivity (Wildman–Crippen MR) is 79.6 cm³/mol. The van der Waals surface area contributed by atoms with Crippen LogP contribution >= 0.6 is 0 Å². The van der Waals surface area contributed by atoms with Crippen LogP contribution in [0.25, 0.3) is 11.1 Å². The molecule has 0 N–H and O–H groups in total. The summed E-state index contributed by atoms with van der Waals surface area (Å²) in [4.78, 5) is 11.1. The minimum atomic E-state index is 0.537. The van der Waals surface area contributed by atoms with Gasteiger partial charge in [0.2, 0.25) is 0 Å². The molecule has 0 fully saturated rings. The molecular weight excluding hydrogens is 252 g/mol. The Labute approximate surface area is 119 Å². The summed E-state index contributed by atoms with van der Waals surface area (Å²) in [6.45, 7) is 2.74.